The van der Waals surface area contributed by atoms with Crippen molar-refractivity contribution in [3.63, 3.8) is 0 Å². The van der Waals surface area contributed by atoms with E-state index in [1.165, 1.54) is 30.6 Å². The minimum Gasteiger partial charge on any atom is -0.482 e. The number of carbonyl (C=O) groups is 2. The molecule has 0 aliphatic heterocycles. The van der Waals surface area contributed by atoms with Gasteiger partial charge in [-0.15, -0.1) is 11.3 Å². The predicted molar refractivity (Wildman–Crippen MR) is 88.7 cm³/mol. The molecule has 24 heavy (non-hydrogen) atoms. The number of thiophene rings is 1. The van der Waals surface area contributed by atoms with Gasteiger partial charge in [0.25, 0.3) is 5.91 Å². The van der Waals surface area contributed by atoms with Gasteiger partial charge < -0.3 is 14.8 Å². The van der Waals surface area contributed by atoms with E-state index in [9.17, 15) is 14.0 Å². The molecule has 0 aliphatic rings. The van der Waals surface area contributed by atoms with Crippen LogP contribution < -0.4 is 10.1 Å². The summed E-state index contributed by atoms with van der Waals surface area (Å²) in [6.45, 7) is -0.311. The number of hydrogen-bond donors (Lipinski definition) is 1. The van der Waals surface area contributed by atoms with Crippen LogP contribution in [-0.4, -0.2) is 25.6 Å². The van der Waals surface area contributed by atoms with E-state index in [1.807, 2.05) is 17.5 Å². The zero-order valence-electron chi connectivity index (χ0n) is 12.8. The van der Waals surface area contributed by atoms with Gasteiger partial charge in [-0.05, 0) is 29.6 Å². The first-order valence-corrected chi connectivity index (χ1v) is 8.22. The van der Waals surface area contributed by atoms with Gasteiger partial charge in [0.2, 0.25) is 0 Å². The third-order valence-corrected chi connectivity index (χ3v) is 4.35. The summed E-state index contributed by atoms with van der Waals surface area (Å²) in [7, 11) is 1.29. The van der Waals surface area contributed by atoms with Gasteiger partial charge in [0.15, 0.2) is 6.61 Å². The Hall–Kier alpha value is -2.12. The van der Waals surface area contributed by atoms with E-state index in [2.05, 4.69) is 10.1 Å². The highest BCUT2D eigenvalue weighted by atomic mass is 35.5. The minimum atomic E-state index is -0.503. The molecule has 0 spiro atoms. The quantitative estimate of drug-likeness (QED) is 0.758. The number of hydrogen-bond acceptors (Lipinski definition) is 5. The summed E-state index contributed by atoms with van der Waals surface area (Å²) in [5, 5.41) is 4.64. The van der Waals surface area contributed by atoms with Gasteiger partial charge in [0, 0.05) is 4.88 Å². The molecule has 0 aliphatic carbocycles. The van der Waals surface area contributed by atoms with Crippen LogP contribution in [0.2, 0.25) is 5.02 Å². The first-order chi connectivity index (χ1) is 11.5. The van der Waals surface area contributed by atoms with Gasteiger partial charge in [0.05, 0.1) is 24.6 Å². The molecule has 0 bridgehead atoms. The van der Waals surface area contributed by atoms with Crippen LogP contribution in [0.4, 0.5) is 4.39 Å². The summed E-state index contributed by atoms with van der Waals surface area (Å²) in [4.78, 5) is 24.4. The zero-order valence-corrected chi connectivity index (χ0v) is 14.3. The van der Waals surface area contributed by atoms with Crippen molar-refractivity contribution in [3.8, 4) is 5.75 Å². The van der Waals surface area contributed by atoms with Crippen molar-refractivity contribution in [1.29, 1.82) is 0 Å². The van der Waals surface area contributed by atoms with E-state index in [0.717, 1.165) is 10.9 Å². The van der Waals surface area contributed by atoms with E-state index in [4.69, 9.17) is 16.3 Å². The second-order valence-corrected chi connectivity index (χ2v) is 6.17. The molecule has 5 nitrogen and oxygen atoms in total. The Morgan fingerprint density at radius 1 is 1.38 bits per heavy atom. The molecule has 0 saturated carbocycles. The summed E-state index contributed by atoms with van der Waals surface area (Å²) >= 11 is 7.25. The summed E-state index contributed by atoms with van der Waals surface area (Å²) in [5.41, 5.74) is 0. The van der Waals surface area contributed by atoms with Crippen molar-refractivity contribution in [1.82, 2.24) is 5.32 Å². The number of methoxy groups -OCH3 is 1. The van der Waals surface area contributed by atoms with Gasteiger partial charge in [-0.1, -0.05) is 17.7 Å². The van der Waals surface area contributed by atoms with E-state index < -0.39 is 23.7 Å². The number of halogens is 2. The maximum Gasteiger partial charge on any atom is 0.307 e. The summed E-state index contributed by atoms with van der Waals surface area (Å²) in [5.74, 6) is -1.16. The van der Waals surface area contributed by atoms with Crippen LogP contribution in [-0.2, 0) is 14.3 Å². The van der Waals surface area contributed by atoms with Crippen molar-refractivity contribution in [2.45, 2.75) is 12.5 Å². The largest absolute Gasteiger partial charge is 0.482 e. The van der Waals surface area contributed by atoms with Crippen LogP contribution >= 0.6 is 22.9 Å². The highest BCUT2D eigenvalue weighted by Gasteiger charge is 2.20. The number of esters is 1. The van der Waals surface area contributed by atoms with Crippen molar-refractivity contribution in [3.05, 3.63) is 51.4 Å². The predicted octanol–water partition coefficient (Wildman–Crippen LogP) is 3.34. The molecule has 1 atom stereocenters. The highest BCUT2D eigenvalue weighted by molar-refractivity contribution is 7.10. The third kappa shape index (κ3) is 5.21. The number of carbonyl (C=O) groups excluding carboxylic acids is 2. The molecular weight excluding hydrogens is 357 g/mol. The lowest BCUT2D eigenvalue weighted by Crippen LogP contribution is -2.33. The van der Waals surface area contributed by atoms with Crippen LogP contribution in [0.3, 0.4) is 0 Å². The molecule has 1 heterocycles. The smallest absolute Gasteiger partial charge is 0.307 e. The Kier molecular flexibility index (Phi) is 6.57. The Balaban J connectivity index is 1.96. The van der Waals surface area contributed by atoms with Crippen LogP contribution in [0.5, 0.6) is 5.75 Å². The van der Waals surface area contributed by atoms with E-state index >= 15 is 0 Å². The van der Waals surface area contributed by atoms with Gasteiger partial charge >= 0.3 is 5.97 Å². The maximum atomic E-state index is 13.0. The lowest BCUT2D eigenvalue weighted by atomic mass is 10.1. The standard InChI is InChI=1S/C16H15ClFNO4S/c1-22-16(21)8-12(14-3-2-6-24-14)19-15(20)9-23-13-5-4-10(18)7-11(13)17/h2-7,12H,8-9H2,1H3,(H,19,20). The van der Waals surface area contributed by atoms with Gasteiger partial charge in [-0.2, -0.15) is 0 Å². The van der Waals surface area contributed by atoms with Crippen LogP contribution in [0.15, 0.2) is 35.7 Å². The van der Waals surface area contributed by atoms with Crippen molar-refractivity contribution < 1.29 is 23.5 Å². The molecule has 8 heteroatoms. The molecule has 1 unspecified atom stereocenters. The molecule has 1 N–H and O–H groups in total. The summed E-state index contributed by atoms with van der Waals surface area (Å²) < 4.78 is 22.9. The number of amides is 1. The first kappa shape index (κ1) is 18.2. The van der Waals surface area contributed by atoms with E-state index in [0.29, 0.717) is 0 Å². The molecule has 2 rings (SSSR count). The number of benzene rings is 1. The molecule has 128 valence electrons. The Bertz CT molecular complexity index is 708. The number of rotatable bonds is 7. The zero-order chi connectivity index (χ0) is 17.5. The maximum absolute atomic E-state index is 13.0. The second kappa shape index (κ2) is 8.65. The Morgan fingerprint density at radius 2 is 2.17 bits per heavy atom. The minimum absolute atomic E-state index is 0.0139. The Labute approximate surface area is 147 Å². The molecule has 2 aromatic rings. The fourth-order valence-corrected chi connectivity index (χ4v) is 2.93. The molecular formula is C16H15ClFNO4S. The van der Waals surface area contributed by atoms with Crippen LogP contribution in [0.1, 0.15) is 17.3 Å². The topological polar surface area (TPSA) is 64.6 Å². The molecule has 1 aromatic carbocycles. The van der Waals surface area contributed by atoms with Crippen molar-refractivity contribution >= 4 is 34.8 Å². The second-order valence-electron chi connectivity index (χ2n) is 4.78. The molecule has 1 aromatic heterocycles. The number of nitrogens with one attached hydrogen (secondary N) is 1. The Morgan fingerprint density at radius 3 is 2.79 bits per heavy atom. The van der Waals surface area contributed by atoms with Gasteiger partial charge in [-0.3, -0.25) is 9.59 Å². The fourth-order valence-electron chi connectivity index (χ4n) is 1.93. The SMILES string of the molecule is COC(=O)CC(NC(=O)COc1ccc(F)cc1Cl)c1cccs1. The average Bonchev–Trinajstić information content (AvgIpc) is 3.07. The first-order valence-electron chi connectivity index (χ1n) is 6.97. The number of ether oxygens (including phenoxy) is 2. The van der Waals surface area contributed by atoms with Crippen molar-refractivity contribution in [2.75, 3.05) is 13.7 Å². The third-order valence-electron chi connectivity index (χ3n) is 3.07. The van der Waals surface area contributed by atoms with E-state index in [1.54, 1.807) is 0 Å². The van der Waals surface area contributed by atoms with Gasteiger partial charge in [0.1, 0.15) is 11.6 Å². The molecule has 0 fully saturated rings. The fraction of sp³-hybridized carbons (Fsp3) is 0.250. The van der Waals surface area contributed by atoms with Gasteiger partial charge in [-0.25, -0.2) is 4.39 Å². The van der Waals surface area contributed by atoms with Crippen molar-refractivity contribution in [2.24, 2.45) is 0 Å². The average molecular weight is 372 g/mol. The molecule has 0 saturated heterocycles. The highest BCUT2D eigenvalue weighted by Crippen LogP contribution is 2.25. The van der Waals surface area contributed by atoms with Crippen LogP contribution in [0, 0.1) is 5.82 Å². The van der Waals surface area contributed by atoms with E-state index in [-0.39, 0.29) is 23.8 Å². The summed E-state index contributed by atoms with van der Waals surface area (Å²) in [6.07, 6.45) is 0.0139. The monoisotopic (exact) mass is 371 g/mol. The lowest BCUT2D eigenvalue weighted by Gasteiger charge is -2.17. The summed E-state index contributed by atoms with van der Waals surface area (Å²) in [6, 6.07) is 6.76. The van der Waals surface area contributed by atoms with Crippen LogP contribution in [0.25, 0.3) is 0 Å². The normalized spacial score (nSPS) is 11.6. The molecule has 0 radical (unpaired) electrons. The lowest BCUT2D eigenvalue weighted by molar-refractivity contribution is -0.141. The molecule has 1 amide bonds.